The van der Waals surface area contributed by atoms with E-state index >= 15 is 0 Å². The first-order chi connectivity index (χ1) is 13.4. The Balaban J connectivity index is 1.53. The Morgan fingerprint density at radius 1 is 0.667 bits per heavy atom. The number of benzene rings is 3. The minimum absolute atomic E-state index is 0.486. The van der Waals surface area contributed by atoms with Gasteiger partial charge in [-0.1, -0.05) is 48.5 Å². The van der Waals surface area contributed by atoms with E-state index in [-0.39, 0.29) is 0 Å². The lowest BCUT2D eigenvalue weighted by Crippen LogP contribution is -2.01. The van der Waals surface area contributed by atoms with E-state index in [9.17, 15) is 0 Å². The van der Waals surface area contributed by atoms with Crippen molar-refractivity contribution < 1.29 is 4.74 Å². The van der Waals surface area contributed by atoms with Gasteiger partial charge in [-0.2, -0.15) is 4.98 Å². The van der Waals surface area contributed by atoms with Gasteiger partial charge in [-0.05, 0) is 42.5 Å². The van der Waals surface area contributed by atoms with Crippen molar-refractivity contribution >= 4 is 23.1 Å². The number of hydrogen-bond donors (Lipinski definition) is 2. The van der Waals surface area contributed by atoms with Crippen LogP contribution in [0.1, 0.15) is 0 Å². The molecule has 1 heterocycles. The average Bonchev–Trinajstić information content (AvgIpc) is 2.71. The number of rotatable bonds is 6. The molecule has 0 spiro atoms. The van der Waals surface area contributed by atoms with E-state index in [1.54, 1.807) is 6.20 Å². The lowest BCUT2D eigenvalue weighted by Gasteiger charge is -2.13. The normalized spacial score (nSPS) is 10.2. The van der Waals surface area contributed by atoms with Gasteiger partial charge in [-0.3, -0.25) is 0 Å². The number of anilines is 4. The second kappa shape index (κ2) is 8.01. The molecule has 1 aromatic heterocycles. The van der Waals surface area contributed by atoms with Gasteiger partial charge in [0.15, 0.2) is 5.75 Å². The molecule has 0 amide bonds. The summed E-state index contributed by atoms with van der Waals surface area (Å²) in [6, 6.07) is 29.1. The molecule has 5 nitrogen and oxygen atoms in total. The molecule has 3 aromatic carbocycles. The van der Waals surface area contributed by atoms with E-state index in [1.807, 2.05) is 91.0 Å². The maximum absolute atomic E-state index is 5.97. The Labute approximate surface area is 157 Å². The molecular formula is C22H18N4O. The Morgan fingerprint density at radius 2 is 1.37 bits per heavy atom. The van der Waals surface area contributed by atoms with Crippen LogP contribution in [0, 0.1) is 0 Å². The third kappa shape index (κ3) is 4.41. The summed E-state index contributed by atoms with van der Waals surface area (Å²) in [5, 5.41) is 6.49. The molecule has 27 heavy (non-hydrogen) atoms. The number of ether oxygens (including phenoxy) is 1. The van der Waals surface area contributed by atoms with Crippen molar-refractivity contribution in [3.8, 4) is 11.5 Å². The second-order valence-corrected chi connectivity index (χ2v) is 5.79. The lowest BCUT2D eigenvalue weighted by atomic mass is 10.3. The largest absolute Gasteiger partial charge is 0.455 e. The van der Waals surface area contributed by atoms with Crippen molar-refractivity contribution in [1.82, 2.24) is 9.97 Å². The highest BCUT2D eigenvalue weighted by Gasteiger charge is 2.07. The summed E-state index contributed by atoms with van der Waals surface area (Å²) >= 11 is 0. The molecule has 132 valence electrons. The van der Waals surface area contributed by atoms with Crippen LogP contribution in [0.2, 0.25) is 0 Å². The van der Waals surface area contributed by atoms with Crippen molar-refractivity contribution in [3.63, 3.8) is 0 Å². The summed E-state index contributed by atoms with van der Waals surface area (Å²) in [7, 11) is 0. The lowest BCUT2D eigenvalue weighted by molar-refractivity contribution is 0.485. The van der Waals surface area contributed by atoms with Crippen molar-refractivity contribution in [2.24, 2.45) is 0 Å². The van der Waals surface area contributed by atoms with Crippen molar-refractivity contribution in [2.45, 2.75) is 0 Å². The molecule has 0 saturated carbocycles. The first-order valence-corrected chi connectivity index (χ1v) is 8.61. The number of nitrogens with one attached hydrogen (secondary N) is 2. The highest BCUT2D eigenvalue weighted by atomic mass is 16.5. The van der Waals surface area contributed by atoms with Crippen molar-refractivity contribution in [1.29, 1.82) is 0 Å². The fraction of sp³-hybridized carbons (Fsp3) is 0. The number of nitrogens with zero attached hydrogens (tertiary/aromatic N) is 2. The second-order valence-electron chi connectivity index (χ2n) is 5.79. The van der Waals surface area contributed by atoms with Gasteiger partial charge < -0.3 is 15.4 Å². The molecule has 0 saturated heterocycles. The van der Waals surface area contributed by atoms with E-state index in [2.05, 4.69) is 20.6 Å². The number of aromatic nitrogens is 2. The molecule has 5 heteroatoms. The number of hydrogen-bond acceptors (Lipinski definition) is 5. The summed E-state index contributed by atoms with van der Waals surface area (Å²) in [4.78, 5) is 8.83. The van der Waals surface area contributed by atoms with E-state index in [0.29, 0.717) is 17.5 Å². The molecule has 0 aliphatic rings. The van der Waals surface area contributed by atoms with Crippen LogP contribution in [0.15, 0.2) is 97.2 Å². The third-order valence-electron chi connectivity index (χ3n) is 3.81. The minimum atomic E-state index is 0.486. The average molecular weight is 354 g/mol. The molecule has 0 radical (unpaired) electrons. The molecule has 0 bridgehead atoms. The van der Waals surface area contributed by atoms with Gasteiger partial charge >= 0.3 is 0 Å². The van der Waals surface area contributed by atoms with Gasteiger partial charge in [0.25, 0.3) is 0 Å². The minimum Gasteiger partial charge on any atom is -0.455 e. The third-order valence-corrected chi connectivity index (χ3v) is 3.81. The molecular weight excluding hydrogens is 336 g/mol. The highest BCUT2D eigenvalue weighted by Crippen LogP contribution is 2.30. The van der Waals surface area contributed by atoms with Crippen LogP contribution in [-0.4, -0.2) is 9.97 Å². The maximum Gasteiger partial charge on any atom is 0.229 e. The molecule has 4 aromatic rings. The highest BCUT2D eigenvalue weighted by molar-refractivity contribution is 5.64. The smallest absolute Gasteiger partial charge is 0.229 e. The fourth-order valence-electron chi connectivity index (χ4n) is 2.55. The van der Waals surface area contributed by atoms with E-state index in [0.717, 1.165) is 17.1 Å². The zero-order chi connectivity index (χ0) is 18.3. The van der Waals surface area contributed by atoms with Gasteiger partial charge in [-0.25, -0.2) is 4.98 Å². The summed E-state index contributed by atoms with van der Waals surface area (Å²) in [5.74, 6) is 2.67. The monoisotopic (exact) mass is 354 g/mol. The quantitative estimate of drug-likeness (QED) is 0.461. The van der Waals surface area contributed by atoms with E-state index in [1.165, 1.54) is 0 Å². The van der Waals surface area contributed by atoms with Crippen LogP contribution >= 0.6 is 0 Å². The Kier molecular flexibility index (Phi) is 4.93. The van der Waals surface area contributed by atoms with Gasteiger partial charge in [0.05, 0.1) is 5.69 Å². The number of para-hydroxylation sites is 4. The zero-order valence-corrected chi connectivity index (χ0v) is 14.5. The van der Waals surface area contributed by atoms with Gasteiger partial charge in [0.2, 0.25) is 5.95 Å². The molecule has 0 unspecified atom stereocenters. The van der Waals surface area contributed by atoms with Gasteiger partial charge in [-0.15, -0.1) is 0 Å². The van der Waals surface area contributed by atoms with Crippen LogP contribution in [-0.2, 0) is 0 Å². The van der Waals surface area contributed by atoms with Crippen LogP contribution < -0.4 is 15.4 Å². The van der Waals surface area contributed by atoms with Crippen molar-refractivity contribution in [2.75, 3.05) is 10.6 Å². The van der Waals surface area contributed by atoms with Crippen LogP contribution in [0.5, 0.6) is 11.5 Å². The Morgan fingerprint density at radius 3 is 2.19 bits per heavy atom. The van der Waals surface area contributed by atoms with E-state index in [4.69, 9.17) is 4.74 Å². The molecule has 0 aliphatic carbocycles. The van der Waals surface area contributed by atoms with E-state index < -0.39 is 0 Å². The molecule has 0 atom stereocenters. The first kappa shape index (κ1) is 16.6. The predicted molar refractivity (Wildman–Crippen MR) is 108 cm³/mol. The van der Waals surface area contributed by atoms with Gasteiger partial charge in [0.1, 0.15) is 11.6 Å². The van der Waals surface area contributed by atoms with Crippen LogP contribution in [0.3, 0.4) is 0 Å². The maximum atomic E-state index is 5.97. The zero-order valence-electron chi connectivity index (χ0n) is 14.5. The Hall–Kier alpha value is -3.86. The Bertz CT molecular complexity index is 1010. The molecule has 4 rings (SSSR count). The summed E-state index contributed by atoms with van der Waals surface area (Å²) < 4.78 is 5.97. The van der Waals surface area contributed by atoms with Crippen molar-refractivity contribution in [3.05, 3.63) is 97.2 Å². The standard InChI is InChI=1S/C22H18N4O/c1-3-9-17(10-4-1)24-21-15-16-23-22(26-21)25-19-13-7-8-14-20(19)27-18-11-5-2-6-12-18/h1-16H,(H2,23,24,25,26). The van der Waals surface area contributed by atoms with Gasteiger partial charge in [0, 0.05) is 11.9 Å². The fourth-order valence-corrected chi connectivity index (χ4v) is 2.55. The summed E-state index contributed by atoms with van der Waals surface area (Å²) in [5.41, 5.74) is 1.76. The molecule has 0 aliphatic heterocycles. The van der Waals surface area contributed by atoms with Crippen LogP contribution in [0.4, 0.5) is 23.1 Å². The predicted octanol–water partition coefficient (Wildman–Crippen LogP) is 5.76. The summed E-state index contributed by atoms with van der Waals surface area (Å²) in [6.45, 7) is 0. The van der Waals surface area contributed by atoms with Crippen LogP contribution in [0.25, 0.3) is 0 Å². The SMILES string of the molecule is c1ccc(Nc2ccnc(Nc3ccccc3Oc3ccccc3)n2)cc1. The summed E-state index contributed by atoms with van der Waals surface area (Å²) in [6.07, 6.45) is 1.71. The molecule has 2 N–H and O–H groups in total. The topological polar surface area (TPSA) is 59.1 Å². The first-order valence-electron chi connectivity index (χ1n) is 8.61. The molecule has 0 fully saturated rings.